The van der Waals surface area contributed by atoms with Crippen LogP contribution in [0.2, 0.25) is 0 Å². The molecule has 1 amide bonds. The van der Waals surface area contributed by atoms with E-state index in [0.29, 0.717) is 34.8 Å². The molecule has 0 saturated carbocycles. The fraction of sp³-hybridized carbons (Fsp3) is 0.143. The minimum absolute atomic E-state index is 0.173. The Morgan fingerprint density at radius 3 is 2.70 bits per heavy atom. The van der Waals surface area contributed by atoms with Gasteiger partial charge in [0.2, 0.25) is 5.91 Å². The predicted molar refractivity (Wildman–Crippen MR) is 106 cm³/mol. The lowest BCUT2D eigenvalue weighted by molar-refractivity contribution is -0.116. The summed E-state index contributed by atoms with van der Waals surface area (Å²) in [5, 5.41) is 6.85. The molecule has 30 heavy (non-hydrogen) atoms. The number of benzene rings is 2. The van der Waals surface area contributed by atoms with Gasteiger partial charge in [-0.2, -0.15) is 4.98 Å². The molecule has 2 heterocycles. The summed E-state index contributed by atoms with van der Waals surface area (Å²) in [5.41, 5.74) is 0.304. The zero-order valence-electron chi connectivity index (χ0n) is 15.9. The maximum Gasteiger partial charge on any atom is 0.258 e. The summed E-state index contributed by atoms with van der Waals surface area (Å²) < 4.78 is 33.4. The van der Waals surface area contributed by atoms with Crippen molar-refractivity contribution in [1.29, 1.82) is 0 Å². The molecule has 152 valence electrons. The smallest absolute Gasteiger partial charge is 0.258 e. The number of para-hydroxylation sites is 1. The van der Waals surface area contributed by atoms with Crippen molar-refractivity contribution in [2.75, 3.05) is 5.32 Å². The predicted octanol–water partition coefficient (Wildman–Crippen LogP) is 3.53. The van der Waals surface area contributed by atoms with Gasteiger partial charge in [0.25, 0.3) is 11.4 Å². The maximum atomic E-state index is 13.8. The van der Waals surface area contributed by atoms with Crippen molar-refractivity contribution in [3.63, 3.8) is 0 Å². The molecule has 0 bridgehead atoms. The second-order valence-electron chi connectivity index (χ2n) is 6.54. The summed E-state index contributed by atoms with van der Waals surface area (Å²) in [6.45, 7) is 1.52. The number of hydrogen-bond acceptors (Lipinski definition) is 5. The van der Waals surface area contributed by atoms with Crippen LogP contribution in [0.4, 0.5) is 14.5 Å². The Morgan fingerprint density at radius 2 is 1.97 bits per heavy atom. The average Bonchev–Trinajstić information content (AvgIpc) is 3.21. The van der Waals surface area contributed by atoms with Crippen LogP contribution < -0.4 is 10.9 Å². The summed E-state index contributed by atoms with van der Waals surface area (Å²) in [6, 6.07) is 11.1. The van der Waals surface area contributed by atoms with Crippen molar-refractivity contribution >= 4 is 22.5 Å². The normalized spacial score (nSPS) is 11.0. The van der Waals surface area contributed by atoms with E-state index in [2.05, 4.69) is 15.5 Å². The fourth-order valence-electron chi connectivity index (χ4n) is 3.11. The number of halogens is 2. The van der Waals surface area contributed by atoms with Crippen LogP contribution in [0.25, 0.3) is 22.4 Å². The Labute approximate surface area is 169 Å². The van der Waals surface area contributed by atoms with Gasteiger partial charge in [-0.05, 0) is 18.2 Å². The number of carbonyl (C=O) groups excluding carboxylic acids is 1. The minimum Gasteiger partial charge on any atom is -0.334 e. The molecule has 0 aliphatic rings. The highest BCUT2D eigenvalue weighted by molar-refractivity contribution is 5.95. The second-order valence-corrected chi connectivity index (χ2v) is 6.54. The number of nitrogens with one attached hydrogen (secondary N) is 1. The maximum absolute atomic E-state index is 13.8. The number of fused-ring (bicyclic) bond motifs is 1. The van der Waals surface area contributed by atoms with Crippen molar-refractivity contribution in [3.05, 3.63) is 76.3 Å². The van der Waals surface area contributed by atoms with Crippen molar-refractivity contribution in [1.82, 2.24) is 14.7 Å². The van der Waals surface area contributed by atoms with E-state index in [-0.39, 0.29) is 18.1 Å². The standard InChI is InChI=1S/C21H16F2N4O3/c1-2-18-25-21(30-26-18)14-10-20(29)27(17-6-4-3-5-13(14)17)11-19(28)24-16-8-7-12(22)9-15(16)23/h3-10H,2,11H2,1H3,(H,24,28). The van der Waals surface area contributed by atoms with Crippen LogP contribution >= 0.6 is 0 Å². The molecule has 2 aromatic heterocycles. The molecule has 9 heteroatoms. The van der Waals surface area contributed by atoms with E-state index < -0.39 is 23.1 Å². The molecule has 2 aromatic carbocycles. The Kier molecular flexibility index (Phi) is 5.09. The number of nitrogens with zero attached hydrogens (tertiary/aromatic N) is 3. The van der Waals surface area contributed by atoms with E-state index in [1.165, 1.54) is 10.6 Å². The largest absolute Gasteiger partial charge is 0.334 e. The third-order valence-electron chi connectivity index (χ3n) is 4.54. The lowest BCUT2D eigenvalue weighted by Crippen LogP contribution is -2.28. The van der Waals surface area contributed by atoms with Crippen molar-refractivity contribution in [2.45, 2.75) is 19.9 Å². The summed E-state index contributed by atoms with van der Waals surface area (Å²) >= 11 is 0. The van der Waals surface area contributed by atoms with Crippen LogP contribution in [0.5, 0.6) is 0 Å². The van der Waals surface area contributed by atoms with Crippen LogP contribution in [-0.4, -0.2) is 20.6 Å². The molecule has 4 rings (SSSR count). The van der Waals surface area contributed by atoms with Gasteiger partial charge in [-0.15, -0.1) is 0 Å². The van der Waals surface area contributed by atoms with E-state index in [0.717, 1.165) is 12.1 Å². The molecule has 0 unspecified atom stereocenters. The van der Waals surface area contributed by atoms with Crippen molar-refractivity contribution in [3.8, 4) is 11.5 Å². The number of anilines is 1. The molecule has 0 aliphatic heterocycles. The summed E-state index contributed by atoms with van der Waals surface area (Å²) in [6.07, 6.45) is 0.582. The highest BCUT2D eigenvalue weighted by Gasteiger charge is 2.17. The lowest BCUT2D eigenvalue weighted by Gasteiger charge is -2.12. The molecule has 0 aliphatic carbocycles. The Bertz CT molecular complexity index is 1310. The first-order valence-electron chi connectivity index (χ1n) is 9.16. The topological polar surface area (TPSA) is 90.0 Å². The first-order valence-corrected chi connectivity index (χ1v) is 9.16. The van der Waals surface area contributed by atoms with Crippen molar-refractivity contribution < 1.29 is 18.1 Å². The molecule has 0 saturated heterocycles. The van der Waals surface area contributed by atoms with Gasteiger partial charge < -0.3 is 9.84 Å². The molecule has 0 fully saturated rings. The number of aryl methyl sites for hydroxylation is 1. The van der Waals surface area contributed by atoms with Crippen LogP contribution in [0.15, 0.2) is 57.8 Å². The van der Waals surface area contributed by atoms with E-state index in [9.17, 15) is 18.4 Å². The summed E-state index contributed by atoms with van der Waals surface area (Å²) in [4.78, 5) is 29.5. The first kappa shape index (κ1) is 19.4. The molecule has 1 N–H and O–H groups in total. The van der Waals surface area contributed by atoms with Crippen LogP contribution in [0.3, 0.4) is 0 Å². The molecule has 0 atom stereocenters. The monoisotopic (exact) mass is 410 g/mol. The zero-order valence-corrected chi connectivity index (χ0v) is 15.9. The SMILES string of the molecule is CCc1noc(-c2cc(=O)n(CC(=O)Nc3ccc(F)cc3F)c3ccccc23)n1. The number of hydrogen-bond donors (Lipinski definition) is 1. The minimum atomic E-state index is -0.904. The van der Waals surface area contributed by atoms with Crippen LogP contribution in [-0.2, 0) is 17.8 Å². The molecular weight excluding hydrogens is 394 g/mol. The van der Waals surface area contributed by atoms with Gasteiger partial charge in [-0.1, -0.05) is 30.3 Å². The summed E-state index contributed by atoms with van der Waals surface area (Å²) in [5.74, 6) is -1.56. The Hall–Kier alpha value is -3.88. The van der Waals surface area contributed by atoms with E-state index in [1.807, 2.05) is 6.92 Å². The van der Waals surface area contributed by atoms with E-state index in [4.69, 9.17) is 4.52 Å². The number of aromatic nitrogens is 3. The van der Waals surface area contributed by atoms with Gasteiger partial charge in [-0.3, -0.25) is 14.2 Å². The van der Waals surface area contributed by atoms with E-state index >= 15 is 0 Å². The van der Waals surface area contributed by atoms with Gasteiger partial charge in [0, 0.05) is 23.9 Å². The van der Waals surface area contributed by atoms with Crippen LogP contribution in [0, 0.1) is 11.6 Å². The third kappa shape index (κ3) is 3.69. The average molecular weight is 410 g/mol. The molecular formula is C21H16F2N4O3. The second kappa shape index (κ2) is 7.86. The Balaban J connectivity index is 1.71. The number of carbonyl (C=O) groups is 1. The number of pyridine rings is 1. The quantitative estimate of drug-likeness (QED) is 0.544. The number of rotatable bonds is 5. The fourth-order valence-corrected chi connectivity index (χ4v) is 3.11. The van der Waals surface area contributed by atoms with Crippen LogP contribution in [0.1, 0.15) is 12.7 Å². The molecule has 0 spiro atoms. The molecule has 4 aromatic rings. The zero-order chi connectivity index (χ0) is 21.3. The molecule has 0 radical (unpaired) electrons. The van der Waals surface area contributed by atoms with Gasteiger partial charge >= 0.3 is 0 Å². The van der Waals surface area contributed by atoms with Gasteiger partial charge in [0.05, 0.1) is 16.8 Å². The van der Waals surface area contributed by atoms with Gasteiger partial charge in [0.15, 0.2) is 5.82 Å². The lowest BCUT2D eigenvalue weighted by atomic mass is 10.1. The van der Waals surface area contributed by atoms with E-state index in [1.54, 1.807) is 24.3 Å². The number of amides is 1. The van der Waals surface area contributed by atoms with Gasteiger partial charge in [-0.25, -0.2) is 8.78 Å². The third-order valence-corrected chi connectivity index (χ3v) is 4.54. The summed E-state index contributed by atoms with van der Waals surface area (Å²) in [7, 11) is 0. The Morgan fingerprint density at radius 1 is 1.17 bits per heavy atom. The van der Waals surface area contributed by atoms with Crippen molar-refractivity contribution in [2.24, 2.45) is 0 Å². The molecule has 7 nitrogen and oxygen atoms in total. The van der Waals surface area contributed by atoms with Gasteiger partial charge in [0.1, 0.15) is 18.2 Å². The highest BCUT2D eigenvalue weighted by Crippen LogP contribution is 2.26. The first-order chi connectivity index (χ1) is 14.5. The highest BCUT2D eigenvalue weighted by atomic mass is 19.1.